The molecule has 2 aromatic rings. The van der Waals surface area contributed by atoms with Crippen molar-refractivity contribution in [3.05, 3.63) is 36.0 Å². The van der Waals surface area contributed by atoms with E-state index in [2.05, 4.69) is 15.8 Å². The topological polar surface area (TPSA) is 118 Å². The van der Waals surface area contributed by atoms with E-state index in [0.29, 0.717) is 23.8 Å². The Bertz CT molecular complexity index is 855. The quantitative estimate of drug-likeness (QED) is 0.598. The van der Waals surface area contributed by atoms with Crippen LogP contribution in [-0.2, 0) is 20.9 Å². The first-order valence-electron chi connectivity index (χ1n) is 10.8. The second kappa shape index (κ2) is 11.3. The van der Waals surface area contributed by atoms with Gasteiger partial charge in [0, 0.05) is 24.9 Å². The molecule has 0 aromatic carbocycles. The van der Waals surface area contributed by atoms with Gasteiger partial charge in [-0.05, 0) is 38.3 Å². The Morgan fingerprint density at radius 1 is 1.16 bits per heavy atom. The molecule has 9 nitrogen and oxygen atoms in total. The van der Waals surface area contributed by atoms with Crippen LogP contribution in [0.2, 0.25) is 0 Å². The maximum atomic E-state index is 12.8. The number of furan rings is 1. The van der Waals surface area contributed by atoms with Crippen LogP contribution in [0.4, 0.5) is 5.82 Å². The number of aryl methyl sites for hydroxylation is 1. The van der Waals surface area contributed by atoms with Crippen LogP contribution in [-0.4, -0.2) is 40.4 Å². The van der Waals surface area contributed by atoms with Gasteiger partial charge >= 0.3 is 0 Å². The standard InChI is InChI=1S/C22H30N4O5/c1-16-13-19(25-31-16)24-20(27)10-5-11-22(29)26(14-18-9-6-12-30-18)15-21(28)23-17-7-3-2-4-8-17/h6,9,12-13,17H,2-5,7-8,10-11,14-15H2,1H3,(H,23,28)(H,24,25,27). The number of carbonyl (C=O) groups is 3. The first-order valence-corrected chi connectivity index (χ1v) is 10.8. The molecule has 1 saturated carbocycles. The molecule has 3 amide bonds. The van der Waals surface area contributed by atoms with Gasteiger partial charge in [-0.3, -0.25) is 14.4 Å². The maximum Gasteiger partial charge on any atom is 0.239 e. The molecule has 1 aliphatic rings. The molecule has 9 heteroatoms. The molecule has 31 heavy (non-hydrogen) atoms. The molecule has 0 unspecified atom stereocenters. The summed E-state index contributed by atoms with van der Waals surface area (Å²) < 4.78 is 10.3. The minimum Gasteiger partial charge on any atom is -0.467 e. The molecule has 168 valence electrons. The molecule has 2 N–H and O–H groups in total. The number of amides is 3. The Kier molecular flexibility index (Phi) is 8.26. The van der Waals surface area contributed by atoms with Crippen LogP contribution in [0.5, 0.6) is 0 Å². The summed E-state index contributed by atoms with van der Waals surface area (Å²) in [7, 11) is 0. The Morgan fingerprint density at radius 3 is 2.65 bits per heavy atom. The summed E-state index contributed by atoms with van der Waals surface area (Å²) in [6.45, 7) is 1.92. The van der Waals surface area contributed by atoms with Crippen molar-refractivity contribution < 1.29 is 23.3 Å². The van der Waals surface area contributed by atoms with E-state index >= 15 is 0 Å². The Labute approximate surface area is 181 Å². The van der Waals surface area contributed by atoms with Crippen LogP contribution < -0.4 is 10.6 Å². The SMILES string of the molecule is Cc1cc(NC(=O)CCCC(=O)N(CC(=O)NC2CCCCC2)Cc2ccco2)no1. The van der Waals surface area contributed by atoms with Gasteiger partial charge in [-0.15, -0.1) is 0 Å². The molecule has 0 bridgehead atoms. The number of rotatable bonds is 10. The number of anilines is 1. The highest BCUT2D eigenvalue weighted by Crippen LogP contribution is 2.17. The maximum absolute atomic E-state index is 12.8. The number of hydrogen-bond acceptors (Lipinski definition) is 6. The lowest BCUT2D eigenvalue weighted by atomic mass is 9.95. The molecule has 2 heterocycles. The summed E-state index contributed by atoms with van der Waals surface area (Å²) in [5.74, 6) is 0.969. The Hall–Kier alpha value is -3.10. The van der Waals surface area contributed by atoms with Gasteiger partial charge in [-0.1, -0.05) is 24.4 Å². The zero-order valence-electron chi connectivity index (χ0n) is 17.9. The molecule has 0 atom stereocenters. The smallest absolute Gasteiger partial charge is 0.239 e. The fourth-order valence-electron chi connectivity index (χ4n) is 3.71. The van der Waals surface area contributed by atoms with E-state index in [9.17, 15) is 14.4 Å². The predicted octanol–water partition coefficient (Wildman–Crippen LogP) is 3.16. The summed E-state index contributed by atoms with van der Waals surface area (Å²) in [5, 5.41) is 9.39. The summed E-state index contributed by atoms with van der Waals surface area (Å²) in [4.78, 5) is 38.8. The average molecular weight is 431 g/mol. The summed E-state index contributed by atoms with van der Waals surface area (Å²) in [5.41, 5.74) is 0. The van der Waals surface area contributed by atoms with Gasteiger partial charge in [0.05, 0.1) is 19.4 Å². The number of nitrogens with zero attached hydrogens (tertiary/aromatic N) is 2. The van der Waals surface area contributed by atoms with Crippen LogP contribution >= 0.6 is 0 Å². The number of nitrogens with one attached hydrogen (secondary N) is 2. The van der Waals surface area contributed by atoms with Crippen molar-refractivity contribution in [3.63, 3.8) is 0 Å². The van der Waals surface area contributed by atoms with Crippen molar-refractivity contribution in [1.29, 1.82) is 0 Å². The van der Waals surface area contributed by atoms with Gasteiger partial charge in [-0.2, -0.15) is 0 Å². The minimum atomic E-state index is -0.242. The van der Waals surface area contributed by atoms with Crippen molar-refractivity contribution in [2.24, 2.45) is 0 Å². The second-order valence-electron chi connectivity index (χ2n) is 7.96. The number of aromatic nitrogens is 1. The van der Waals surface area contributed by atoms with Gasteiger partial charge in [0.1, 0.15) is 11.5 Å². The molecule has 2 aromatic heterocycles. The molecule has 1 fully saturated rings. The lowest BCUT2D eigenvalue weighted by Crippen LogP contribution is -2.44. The Morgan fingerprint density at radius 2 is 1.97 bits per heavy atom. The van der Waals surface area contributed by atoms with Crippen LogP contribution in [0.25, 0.3) is 0 Å². The molecular weight excluding hydrogens is 400 g/mol. The number of carbonyl (C=O) groups excluding carboxylic acids is 3. The molecule has 1 aliphatic carbocycles. The van der Waals surface area contributed by atoms with Crippen molar-refractivity contribution in [3.8, 4) is 0 Å². The van der Waals surface area contributed by atoms with Crippen molar-refractivity contribution in [1.82, 2.24) is 15.4 Å². The van der Waals surface area contributed by atoms with Crippen molar-refractivity contribution in [2.45, 2.75) is 70.9 Å². The van der Waals surface area contributed by atoms with E-state index in [-0.39, 0.29) is 49.7 Å². The third-order valence-corrected chi connectivity index (χ3v) is 5.27. The summed E-state index contributed by atoms with van der Waals surface area (Å²) in [6, 6.07) is 5.33. The van der Waals surface area contributed by atoms with Gasteiger partial charge in [0.2, 0.25) is 17.7 Å². The van der Waals surface area contributed by atoms with Crippen LogP contribution in [0.15, 0.2) is 33.4 Å². The van der Waals surface area contributed by atoms with Crippen molar-refractivity contribution >= 4 is 23.5 Å². The first kappa shape index (κ1) is 22.6. The van der Waals surface area contributed by atoms with Gasteiger partial charge in [0.25, 0.3) is 0 Å². The third-order valence-electron chi connectivity index (χ3n) is 5.27. The molecule has 0 saturated heterocycles. The van der Waals surface area contributed by atoms with Gasteiger partial charge in [-0.25, -0.2) is 0 Å². The second-order valence-corrected chi connectivity index (χ2v) is 7.96. The van der Waals surface area contributed by atoms with Gasteiger partial charge < -0.3 is 24.5 Å². The normalized spacial score (nSPS) is 14.2. The fourth-order valence-corrected chi connectivity index (χ4v) is 3.71. The number of hydrogen-bond donors (Lipinski definition) is 2. The molecule has 0 spiro atoms. The summed E-state index contributed by atoms with van der Waals surface area (Å²) >= 11 is 0. The predicted molar refractivity (Wildman–Crippen MR) is 113 cm³/mol. The first-order chi connectivity index (χ1) is 15.0. The molecule has 3 rings (SSSR count). The highest BCUT2D eigenvalue weighted by molar-refractivity contribution is 5.90. The molecule has 0 aliphatic heterocycles. The van der Waals surface area contributed by atoms with E-state index < -0.39 is 0 Å². The lowest BCUT2D eigenvalue weighted by molar-refractivity contribution is -0.137. The third kappa shape index (κ3) is 7.58. The zero-order valence-corrected chi connectivity index (χ0v) is 17.9. The van der Waals surface area contributed by atoms with E-state index in [1.807, 2.05) is 0 Å². The molecule has 0 radical (unpaired) electrons. The lowest BCUT2D eigenvalue weighted by Gasteiger charge is -2.26. The summed E-state index contributed by atoms with van der Waals surface area (Å²) in [6.07, 6.45) is 7.64. The van der Waals surface area contributed by atoms with Crippen LogP contribution in [0.3, 0.4) is 0 Å². The van der Waals surface area contributed by atoms with E-state index in [4.69, 9.17) is 8.94 Å². The van der Waals surface area contributed by atoms with Crippen molar-refractivity contribution in [2.75, 3.05) is 11.9 Å². The monoisotopic (exact) mass is 430 g/mol. The Balaban J connectivity index is 1.48. The van der Waals surface area contributed by atoms with Gasteiger partial charge in [0.15, 0.2) is 5.82 Å². The fraction of sp³-hybridized carbons (Fsp3) is 0.545. The highest BCUT2D eigenvalue weighted by Gasteiger charge is 2.21. The van der Waals surface area contributed by atoms with Crippen LogP contribution in [0, 0.1) is 6.92 Å². The highest BCUT2D eigenvalue weighted by atomic mass is 16.5. The minimum absolute atomic E-state index is 0.0273. The van der Waals surface area contributed by atoms with Crippen LogP contribution in [0.1, 0.15) is 62.9 Å². The van der Waals surface area contributed by atoms with E-state index in [1.165, 1.54) is 17.6 Å². The zero-order chi connectivity index (χ0) is 22.1. The van der Waals surface area contributed by atoms with E-state index in [1.54, 1.807) is 25.1 Å². The largest absolute Gasteiger partial charge is 0.467 e. The average Bonchev–Trinajstić information content (AvgIpc) is 3.39. The molecular formula is C22H30N4O5. The van der Waals surface area contributed by atoms with E-state index in [0.717, 1.165) is 25.7 Å².